The summed E-state index contributed by atoms with van der Waals surface area (Å²) in [6.45, 7) is 13.0. The second-order valence-corrected chi connectivity index (χ2v) is 8.12. The van der Waals surface area contributed by atoms with E-state index in [9.17, 15) is 4.79 Å². The molecule has 26 heavy (non-hydrogen) atoms. The fourth-order valence-corrected chi connectivity index (χ4v) is 4.22. The maximum Gasteiger partial charge on any atom is 0.224 e. The predicted molar refractivity (Wildman–Crippen MR) is 106 cm³/mol. The Morgan fingerprint density at radius 3 is 2.27 bits per heavy atom. The van der Waals surface area contributed by atoms with Crippen molar-refractivity contribution in [3.63, 3.8) is 0 Å². The Morgan fingerprint density at radius 2 is 1.65 bits per heavy atom. The Balaban J connectivity index is 1.66. The first-order chi connectivity index (χ1) is 12.5. The Morgan fingerprint density at radius 1 is 1.04 bits per heavy atom. The molecule has 1 atom stereocenters. The van der Waals surface area contributed by atoms with Crippen LogP contribution in [0, 0.1) is 19.8 Å². The van der Waals surface area contributed by atoms with Crippen LogP contribution in [0.25, 0.3) is 0 Å². The first kappa shape index (κ1) is 19.3. The van der Waals surface area contributed by atoms with Crippen molar-refractivity contribution in [1.82, 2.24) is 20.0 Å². The molecular weight excluding hydrogens is 324 g/mol. The number of rotatable bonds is 5. The number of nitrogens with zero attached hydrogens (tertiary/aromatic N) is 3. The molecule has 0 aromatic heterocycles. The molecule has 0 saturated carbocycles. The summed E-state index contributed by atoms with van der Waals surface area (Å²) in [5.41, 5.74) is 5.66. The van der Waals surface area contributed by atoms with Crippen LogP contribution in [0.1, 0.15) is 28.7 Å². The van der Waals surface area contributed by atoms with Gasteiger partial charge in [-0.25, -0.2) is 0 Å². The van der Waals surface area contributed by atoms with Crippen molar-refractivity contribution in [2.45, 2.75) is 33.4 Å². The van der Waals surface area contributed by atoms with Crippen LogP contribution >= 0.6 is 0 Å². The smallest absolute Gasteiger partial charge is 0.224 e. The van der Waals surface area contributed by atoms with Crippen molar-refractivity contribution in [2.75, 3.05) is 53.4 Å². The number of carbonyl (C=O) groups is 1. The van der Waals surface area contributed by atoms with Crippen LogP contribution in [0.15, 0.2) is 12.1 Å². The zero-order valence-electron chi connectivity index (χ0n) is 16.8. The van der Waals surface area contributed by atoms with Gasteiger partial charge >= 0.3 is 0 Å². The second-order valence-electron chi connectivity index (χ2n) is 8.12. The average molecular weight is 359 g/mol. The fraction of sp³-hybridized carbons (Fsp3) is 0.667. The third-order valence-corrected chi connectivity index (χ3v) is 6.04. The maximum absolute atomic E-state index is 11.9. The summed E-state index contributed by atoms with van der Waals surface area (Å²) in [5, 5.41) is 2.79. The van der Waals surface area contributed by atoms with Gasteiger partial charge in [-0.05, 0) is 50.6 Å². The normalized spacial score (nSPS) is 22.7. The number of amides is 1. The number of piperazine rings is 1. The van der Waals surface area contributed by atoms with E-state index in [1.807, 2.05) is 0 Å². The highest BCUT2D eigenvalue weighted by Crippen LogP contribution is 2.24. The van der Waals surface area contributed by atoms with Crippen LogP contribution in [0.3, 0.4) is 0 Å². The number of hydrogen-bond donors (Lipinski definition) is 1. The largest absolute Gasteiger partial charge is 0.359 e. The van der Waals surface area contributed by atoms with E-state index >= 15 is 0 Å². The van der Waals surface area contributed by atoms with Crippen molar-refractivity contribution in [2.24, 2.45) is 5.92 Å². The van der Waals surface area contributed by atoms with Crippen LogP contribution in [0.5, 0.6) is 0 Å². The number of carbonyl (C=O) groups excluding carboxylic acids is 1. The van der Waals surface area contributed by atoms with Crippen molar-refractivity contribution < 1.29 is 4.79 Å². The van der Waals surface area contributed by atoms with Crippen LogP contribution in [0.4, 0.5) is 0 Å². The summed E-state index contributed by atoms with van der Waals surface area (Å²) >= 11 is 0. The Hall–Kier alpha value is -1.43. The Kier molecular flexibility index (Phi) is 6.33. The minimum Gasteiger partial charge on any atom is -0.359 e. The molecule has 1 amide bonds. The monoisotopic (exact) mass is 358 g/mol. The standard InChI is InChI=1S/C21H34N4O/c1-16-11-19(14-24-9-7-23(4)8-10-24)17(2)20(12-16)15-25-6-5-18(13-25)21(26)22-3/h11-12,18H,5-10,13-15H2,1-4H3,(H,22,26)/t18-/m0/s1. The molecule has 0 aliphatic carbocycles. The van der Waals surface area contributed by atoms with E-state index in [0.29, 0.717) is 0 Å². The van der Waals surface area contributed by atoms with Gasteiger partial charge in [-0.15, -0.1) is 0 Å². The second kappa shape index (κ2) is 8.51. The van der Waals surface area contributed by atoms with E-state index in [-0.39, 0.29) is 11.8 Å². The summed E-state index contributed by atoms with van der Waals surface area (Å²) in [6, 6.07) is 4.69. The zero-order valence-corrected chi connectivity index (χ0v) is 16.8. The molecule has 0 unspecified atom stereocenters. The molecule has 0 bridgehead atoms. The van der Waals surface area contributed by atoms with Gasteiger partial charge < -0.3 is 10.2 Å². The number of likely N-dealkylation sites (N-methyl/N-ethyl adjacent to an activating group) is 1. The van der Waals surface area contributed by atoms with Gasteiger partial charge in [-0.3, -0.25) is 14.6 Å². The topological polar surface area (TPSA) is 38.8 Å². The van der Waals surface area contributed by atoms with Crippen LogP contribution in [-0.4, -0.2) is 74.0 Å². The van der Waals surface area contributed by atoms with E-state index in [1.54, 1.807) is 7.05 Å². The van der Waals surface area contributed by atoms with Gasteiger partial charge in [0.15, 0.2) is 0 Å². The van der Waals surface area contributed by atoms with E-state index < -0.39 is 0 Å². The lowest BCUT2D eigenvalue weighted by molar-refractivity contribution is -0.124. The van der Waals surface area contributed by atoms with Gasteiger partial charge in [0, 0.05) is 52.9 Å². The highest BCUT2D eigenvalue weighted by Gasteiger charge is 2.28. The van der Waals surface area contributed by atoms with Gasteiger partial charge in [-0.2, -0.15) is 0 Å². The molecule has 144 valence electrons. The third kappa shape index (κ3) is 4.64. The predicted octanol–water partition coefficient (Wildman–Crippen LogP) is 1.62. The first-order valence-electron chi connectivity index (χ1n) is 9.90. The minimum absolute atomic E-state index is 0.148. The molecule has 2 saturated heterocycles. The van der Waals surface area contributed by atoms with Crippen molar-refractivity contribution in [3.8, 4) is 0 Å². The van der Waals surface area contributed by atoms with Gasteiger partial charge in [0.25, 0.3) is 0 Å². The van der Waals surface area contributed by atoms with Crippen molar-refractivity contribution >= 4 is 5.91 Å². The molecule has 2 heterocycles. The molecule has 2 aliphatic rings. The minimum atomic E-state index is 0.148. The highest BCUT2D eigenvalue weighted by molar-refractivity contribution is 5.78. The molecule has 3 rings (SSSR count). The third-order valence-electron chi connectivity index (χ3n) is 6.04. The van der Waals surface area contributed by atoms with E-state index in [4.69, 9.17) is 0 Å². The maximum atomic E-state index is 11.9. The van der Waals surface area contributed by atoms with Crippen LogP contribution in [-0.2, 0) is 17.9 Å². The number of likely N-dealkylation sites (tertiary alicyclic amines) is 1. The van der Waals surface area contributed by atoms with E-state index in [2.05, 4.69) is 53.0 Å². The molecule has 5 heteroatoms. The lowest BCUT2D eigenvalue weighted by Gasteiger charge is -2.33. The van der Waals surface area contributed by atoms with E-state index in [1.165, 1.54) is 22.3 Å². The average Bonchev–Trinajstić information content (AvgIpc) is 3.08. The number of hydrogen-bond acceptors (Lipinski definition) is 4. The molecule has 1 N–H and O–H groups in total. The summed E-state index contributed by atoms with van der Waals surface area (Å²) in [5.74, 6) is 0.333. The van der Waals surface area contributed by atoms with Gasteiger partial charge in [0.2, 0.25) is 5.91 Å². The Bertz CT molecular complexity index is 637. The lowest BCUT2D eigenvalue weighted by atomic mass is 9.98. The van der Waals surface area contributed by atoms with Crippen molar-refractivity contribution in [3.05, 3.63) is 34.4 Å². The summed E-state index contributed by atoms with van der Waals surface area (Å²) in [7, 11) is 3.94. The molecule has 2 aliphatic heterocycles. The lowest BCUT2D eigenvalue weighted by Crippen LogP contribution is -2.44. The summed E-state index contributed by atoms with van der Waals surface area (Å²) in [6.07, 6.45) is 0.971. The zero-order chi connectivity index (χ0) is 18.7. The molecular formula is C21H34N4O. The van der Waals surface area contributed by atoms with Crippen molar-refractivity contribution in [1.29, 1.82) is 0 Å². The molecule has 5 nitrogen and oxygen atoms in total. The molecule has 1 aromatic rings. The van der Waals surface area contributed by atoms with Crippen LogP contribution in [0.2, 0.25) is 0 Å². The number of benzene rings is 1. The summed E-state index contributed by atoms with van der Waals surface area (Å²) < 4.78 is 0. The highest BCUT2D eigenvalue weighted by atomic mass is 16.1. The van der Waals surface area contributed by atoms with E-state index in [0.717, 1.165) is 58.8 Å². The van der Waals surface area contributed by atoms with Gasteiger partial charge in [0.1, 0.15) is 0 Å². The SMILES string of the molecule is CNC(=O)[C@H]1CCN(Cc2cc(C)cc(CN3CCN(C)CC3)c2C)C1. The number of aryl methyl sites for hydroxylation is 1. The molecule has 0 spiro atoms. The molecule has 1 aromatic carbocycles. The first-order valence-corrected chi connectivity index (χ1v) is 9.90. The van der Waals surface area contributed by atoms with Crippen LogP contribution < -0.4 is 5.32 Å². The fourth-order valence-electron chi connectivity index (χ4n) is 4.22. The van der Waals surface area contributed by atoms with Gasteiger partial charge in [0.05, 0.1) is 5.92 Å². The summed E-state index contributed by atoms with van der Waals surface area (Å²) in [4.78, 5) is 19.3. The number of nitrogens with one attached hydrogen (secondary N) is 1. The van der Waals surface area contributed by atoms with Gasteiger partial charge in [-0.1, -0.05) is 17.7 Å². The Labute approximate surface area is 158 Å². The molecule has 2 fully saturated rings. The molecule has 0 radical (unpaired) electrons. The quantitative estimate of drug-likeness (QED) is 0.868.